The van der Waals surface area contributed by atoms with E-state index in [9.17, 15) is 10.1 Å². The minimum atomic E-state index is -0.546. The molecule has 0 aliphatic carbocycles. The van der Waals surface area contributed by atoms with Crippen molar-refractivity contribution >= 4 is 11.5 Å². The normalized spacial score (nSPS) is 10.9. The number of nitrogens with zero attached hydrogens (tertiary/aromatic N) is 1. The third-order valence-corrected chi connectivity index (χ3v) is 4.68. The maximum Gasteiger partial charge on any atom is 1.00 e. The molecule has 2 aromatic rings. The Morgan fingerprint density at radius 3 is 1.96 bits per heavy atom. The van der Waals surface area contributed by atoms with Crippen molar-refractivity contribution in [3.63, 3.8) is 0 Å². The second-order valence-corrected chi connectivity index (χ2v) is 6.61. The predicted molar refractivity (Wildman–Crippen MR) is 109 cm³/mol. The van der Waals surface area contributed by atoms with Crippen LogP contribution in [0, 0.1) is 17.2 Å². The molecule has 0 bridgehead atoms. The number of nitriles is 1. The fourth-order valence-corrected chi connectivity index (χ4v) is 3.03. The first-order chi connectivity index (χ1) is 13.2. The van der Waals surface area contributed by atoms with Crippen molar-refractivity contribution in [3.8, 4) is 6.07 Å². The Morgan fingerprint density at radius 1 is 1.00 bits per heavy atom. The first-order valence-corrected chi connectivity index (χ1v) is 9.63. The van der Waals surface area contributed by atoms with Gasteiger partial charge in [0.05, 0.1) is 6.61 Å². The molecule has 2 rings (SSSR count). The molecule has 1 unspecified atom stereocenters. The number of hydrogen-bond acceptors (Lipinski definition) is 3. The molecule has 4 heteroatoms. The standard InChI is InChI=1S/C24H27NO2.K/c1-3-5-12-19(4-2)18-27-24(26)22(17-25)23(20-13-8-6-9-14-20)21-15-10-7-11-16-21;/h6-11,13-16,19H,3-5,12,18H2,1-2H3;/q;+1. The van der Waals surface area contributed by atoms with Crippen LogP contribution >= 0.6 is 0 Å². The van der Waals surface area contributed by atoms with Gasteiger partial charge in [0.1, 0.15) is 11.6 Å². The van der Waals surface area contributed by atoms with E-state index in [0.717, 1.165) is 36.8 Å². The van der Waals surface area contributed by atoms with Gasteiger partial charge in [-0.2, -0.15) is 5.26 Å². The summed E-state index contributed by atoms with van der Waals surface area (Å²) in [5.74, 6) is -0.208. The van der Waals surface area contributed by atoms with Crippen LogP contribution in [0.5, 0.6) is 0 Å². The molecule has 0 amide bonds. The smallest absolute Gasteiger partial charge is 0.461 e. The van der Waals surface area contributed by atoms with E-state index in [1.165, 1.54) is 0 Å². The van der Waals surface area contributed by atoms with Crippen molar-refractivity contribution in [1.29, 1.82) is 5.26 Å². The number of benzene rings is 2. The Hall–Kier alpha value is -1.22. The van der Waals surface area contributed by atoms with E-state index in [4.69, 9.17) is 4.74 Å². The molecule has 0 fully saturated rings. The largest absolute Gasteiger partial charge is 1.00 e. The molecule has 0 spiro atoms. The number of rotatable bonds is 9. The fraction of sp³-hybridized carbons (Fsp3) is 0.333. The first-order valence-electron chi connectivity index (χ1n) is 9.63. The summed E-state index contributed by atoms with van der Waals surface area (Å²) in [5, 5.41) is 9.74. The van der Waals surface area contributed by atoms with Gasteiger partial charge in [-0.15, -0.1) is 0 Å². The van der Waals surface area contributed by atoms with Gasteiger partial charge in [-0.3, -0.25) is 0 Å². The minimum absolute atomic E-state index is 0. The molecule has 2 aromatic carbocycles. The molecule has 0 aromatic heterocycles. The Kier molecular flexibility index (Phi) is 12.3. The van der Waals surface area contributed by atoms with Crippen LogP contribution in [-0.4, -0.2) is 12.6 Å². The number of carbonyl (C=O) groups is 1. The third kappa shape index (κ3) is 7.31. The van der Waals surface area contributed by atoms with Crippen LogP contribution in [0.3, 0.4) is 0 Å². The van der Waals surface area contributed by atoms with Crippen LogP contribution in [0.2, 0.25) is 0 Å². The van der Waals surface area contributed by atoms with Crippen molar-refractivity contribution in [3.05, 3.63) is 77.4 Å². The molecular weight excluding hydrogens is 373 g/mol. The van der Waals surface area contributed by atoms with E-state index in [-0.39, 0.29) is 57.0 Å². The van der Waals surface area contributed by atoms with Gasteiger partial charge in [0.15, 0.2) is 0 Å². The van der Waals surface area contributed by atoms with Crippen LogP contribution in [0.25, 0.3) is 5.57 Å². The minimum Gasteiger partial charge on any atom is -0.461 e. The molecule has 28 heavy (non-hydrogen) atoms. The molecule has 1 atom stereocenters. The summed E-state index contributed by atoms with van der Waals surface area (Å²) < 4.78 is 5.55. The van der Waals surface area contributed by atoms with Crippen LogP contribution in [0.15, 0.2) is 66.2 Å². The number of hydrogen-bond donors (Lipinski definition) is 0. The van der Waals surface area contributed by atoms with Gasteiger partial charge in [0, 0.05) is 5.57 Å². The van der Waals surface area contributed by atoms with E-state index >= 15 is 0 Å². The van der Waals surface area contributed by atoms with Gasteiger partial charge >= 0.3 is 57.4 Å². The van der Waals surface area contributed by atoms with Gasteiger partial charge < -0.3 is 4.74 Å². The van der Waals surface area contributed by atoms with Crippen molar-refractivity contribution in [2.75, 3.05) is 6.61 Å². The van der Waals surface area contributed by atoms with Crippen molar-refractivity contribution in [2.24, 2.45) is 5.92 Å². The molecule has 0 N–H and O–H groups in total. The third-order valence-electron chi connectivity index (χ3n) is 4.68. The Labute approximate surface area is 211 Å². The van der Waals surface area contributed by atoms with Gasteiger partial charge in [-0.1, -0.05) is 93.8 Å². The van der Waals surface area contributed by atoms with Crippen molar-refractivity contribution in [2.45, 2.75) is 39.5 Å². The molecule has 0 aliphatic rings. The summed E-state index contributed by atoms with van der Waals surface area (Å²) in [4.78, 5) is 12.8. The first kappa shape index (κ1) is 24.8. The van der Waals surface area contributed by atoms with Crippen LogP contribution in [0.1, 0.15) is 50.7 Å². The van der Waals surface area contributed by atoms with Crippen LogP contribution < -0.4 is 51.4 Å². The van der Waals surface area contributed by atoms with E-state index in [2.05, 4.69) is 19.9 Å². The van der Waals surface area contributed by atoms with E-state index in [1.807, 2.05) is 60.7 Å². The summed E-state index contributed by atoms with van der Waals surface area (Å²) in [6.07, 6.45) is 4.25. The van der Waals surface area contributed by atoms with E-state index < -0.39 is 5.97 Å². The second-order valence-electron chi connectivity index (χ2n) is 6.61. The fourth-order valence-electron chi connectivity index (χ4n) is 3.03. The summed E-state index contributed by atoms with van der Waals surface area (Å²) in [6, 6.07) is 21.1. The Bertz CT molecular complexity index is 753. The summed E-state index contributed by atoms with van der Waals surface area (Å²) in [7, 11) is 0. The predicted octanol–water partition coefficient (Wildman–Crippen LogP) is 2.78. The zero-order valence-corrected chi connectivity index (χ0v) is 20.3. The van der Waals surface area contributed by atoms with Gasteiger partial charge in [-0.05, 0) is 23.5 Å². The summed E-state index contributed by atoms with van der Waals surface area (Å²) >= 11 is 0. The molecule has 140 valence electrons. The molecule has 0 radical (unpaired) electrons. The zero-order valence-electron chi connectivity index (χ0n) is 17.2. The Morgan fingerprint density at radius 2 is 1.54 bits per heavy atom. The Balaban J connectivity index is 0.00000392. The quantitative estimate of drug-likeness (QED) is 0.281. The molecule has 0 heterocycles. The SMILES string of the molecule is CCCCC(CC)COC(=O)C(C#N)=C(c1ccccc1)c1ccccc1.[K+]. The maximum atomic E-state index is 12.8. The molecule has 0 aliphatic heterocycles. The molecule has 3 nitrogen and oxygen atoms in total. The van der Waals surface area contributed by atoms with Gasteiger partial charge in [0.2, 0.25) is 0 Å². The van der Waals surface area contributed by atoms with E-state index in [0.29, 0.717) is 18.1 Å². The monoisotopic (exact) mass is 400 g/mol. The van der Waals surface area contributed by atoms with E-state index in [1.54, 1.807) is 0 Å². The number of carbonyl (C=O) groups excluding carboxylic acids is 1. The van der Waals surface area contributed by atoms with Crippen molar-refractivity contribution in [1.82, 2.24) is 0 Å². The molecule has 0 saturated carbocycles. The zero-order chi connectivity index (χ0) is 19.5. The number of unbranched alkanes of at least 4 members (excludes halogenated alkanes) is 1. The maximum absolute atomic E-state index is 12.8. The average molecular weight is 401 g/mol. The number of esters is 1. The molecular formula is C24H27KNO2+. The summed E-state index contributed by atoms with van der Waals surface area (Å²) in [5.41, 5.74) is 2.33. The second kappa shape index (κ2) is 13.9. The number of ether oxygens (including phenoxy) is 1. The average Bonchev–Trinajstić information content (AvgIpc) is 2.73. The van der Waals surface area contributed by atoms with Gasteiger partial charge in [0.25, 0.3) is 0 Å². The van der Waals surface area contributed by atoms with Crippen LogP contribution in [-0.2, 0) is 9.53 Å². The topological polar surface area (TPSA) is 50.1 Å². The summed E-state index contributed by atoms with van der Waals surface area (Å²) in [6.45, 7) is 4.62. The van der Waals surface area contributed by atoms with Gasteiger partial charge in [-0.25, -0.2) is 4.79 Å². The van der Waals surface area contributed by atoms with Crippen LogP contribution in [0.4, 0.5) is 0 Å². The van der Waals surface area contributed by atoms with Crippen molar-refractivity contribution < 1.29 is 60.9 Å². The molecule has 0 saturated heterocycles.